The molecule has 1 saturated heterocycles. The zero-order chi connectivity index (χ0) is 11.4. The molecule has 1 aliphatic heterocycles. The van der Waals surface area contributed by atoms with Crippen LogP contribution in [0, 0.1) is 0 Å². The maximum atomic E-state index is 5.78. The first-order valence-corrected chi connectivity index (χ1v) is 6.38. The smallest absolute Gasteiger partial charge is 0.0316 e. The van der Waals surface area contributed by atoms with Crippen molar-refractivity contribution >= 4 is 5.69 Å². The van der Waals surface area contributed by atoms with Gasteiger partial charge in [-0.1, -0.05) is 19.1 Å². The van der Waals surface area contributed by atoms with Crippen molar-refractivity contribution in [2.75, 3.05) is 18.8 Å². The van der Waals surface area contributed by atoms with E-state index >= 15 is 0 Å². The van der Waals surface area contributed by atoms with Gasteiger partial charge in [-0.05, 0) is 49.9 Å². The molecule has 0 aliphatic carbocycles. The predicted molar refractivity (Wildman–Crippen MR) is 69.4 cm³/mol. The van der Waals surface area contributed by atoms with Crippen molar-refractivity contribution < 1.29 is 0 Å². The quantitative estimate of drug-likeness (QED) is 0.787. The molecule has 0 spiro atoms. The Kier molecular flexibility index (Phi) is 3.83. The van der Waals surface area contributed by atoms with Crippen molar-refractivity contribution in [2.45, 2.75) is 38.6 Å². The molecule has 2 heteroatoms. The average molecular weight is 218 g/mol. The van der Waals surface area contributed by atoms with Crippen LogP contribution in [0.15, 0.2) is 24.3 Å². The van der Waals surface area contributed by atoms with Crippen LogP contribution in [-0.4, -0.2) is 24.0 Å². The van der Waals surface area contributed by atoms with Crippen molar-refractivity contribution in [3.8, 4) is 0 Å². The number of hydrogen-bond donors (Lipinski definition) is 1. The SMILES string of the molecule is CCC1CCCN1CCc1cccc(N)c1. The summed E-state index contributed by atoms with van der Waals surface area (Å²) < 4.78 is 0. The third-order valence-corrected chi connectivity index (χ3v) is 3.61. The standard InChI is InChI=1S/C14H22N2/c1-2-14-7-4-9-16(14)10-8-12-5-3-6-13(15)11-12/h3,5-6,11,14H,2,4,7-10,15H2,1H3. The van der Waals surface area contributed by atoms with Crippen LogP contribution < -0.4 is 5.73 Å². The molecule has 1 atom stereocenters. The Bertz CT molecular complexity index is 335. The molecule has 0 aromatic heterocycles. The van der Waals surface area contributed by atoms with Gasteiger partial charge in [-0.25, -0.2) is 0 Å². The second kappa shape index (κ2) is 5.35. The molecule has 16 heavy (non-hydrogen) atoms. The molecule has 2 N–H and O–H groups in total. The third-order valence-electron chi connectivity index (χ3n) is 3.61. The fourth-order valence-corrected chi connectivity index (χ4v) is 2.67. The van der Waals surface area contributed by atoms with Gasteiger partial charge in [0.1, 0.15) is 0 Å². The van der Waals surface area contributed by atoms with Gasteiger partial charge in [-0.15, -0.1) is 0 Å². The van der Waals surface area contributed by atoms with E-state index in [1.165, 1.54) is 37.9 Å². The van der Waals surface area contributed by atoms with E-state index < -0.39 is 0 Å². The highest BCUT2D eigenvalue weighted by atomic mass is 15.2. The second-order valence-electron chi connectivity index (χ2n) is 4.74. The van der Waals surface area contributed by atoms with Crippen molar-refractivity contribution in [2.24, 2.45) is 0 Å². The van der Waals surface area contributed by atoms with E-state index in [1.807, 2.05) is 12.1 Å². The Hall–Kier alpha value is -1.02. The lowest BCUT2D eigenvalue weighted by Gasteiger charge is -2.23. The van der Waals surface area contributed by atoms with Crippen molar-refractivity contribution in [3.05, 3.63) is 29.8 Å². The number of rotatable bonds is 4. The highest BCUT2D eigenvalue weighted by molar-refractivity contribution is 5.40. The van der Waals surface area contributed by atoms with E-state index in [2.05, 4.69) is 24.0 Å². The number of benzene rings is 1. The number of nitrogen functional groups attached to an aromatic ring is 1. The van der Waals surface area contributed by atoms with Gasteiger partial charge in [0.25, 0.3) is 0 Å². The molecule has 1 unspecified atom stereocenters. The summed E-state index contributed by atoms with van der Waals surface area (Å²) in [4.78, 5) is 2.63. The van der Waals surface area contributed by atoms with Gasteiger partial charge in [-0.3, -0.25) is 0 Å². The molecule has 1 heterocycles. The van der Waals surface area contributed by atoms with Crippen LogP contribution in [0.4, 0.5) is 5.69 Å². The largest absolute Gasteiger partial charge is 0.399 e. The minimum absolute atomic E-state index is 0.820. The first-order valence-electron chi connectivity index (χ1n) is 6.38. The van der Waals surface area contributed by atoms with Crippen molar-refractivity contribution in [1.29, 1.82) is 0 Å². The molecule has 0 bridgehead atoms. The van der Waals surface area contributed by atoms with Gasteiger partial charge < -0.3 is 10.6 Å². The minimum Gasteiger partial charge on any atom is -0.399 e. The third kappa shape index (κ3) is 2.76. The molecular weight excluding hydrogens is 196 g/mol. The average Bonchev–Trinajstić information content (AvgIpc) is 2.74. The lowest BCUT2D eigenvalue weighted by atomic mass is 10.1. The zero-order valence-corrected chi connectivity index (χ0v) is 10.2. The summed E-state index contributed by atoms with van der Waals surface area (Å²) in [5, 5.41) is 0. The minimum atomic E-state index is 0.820. The Balaban J connectivity index is 1.87. The van der Waals surface area contributed by atoms with Crippen LogP contribution in [0.25, 0.3) is 0 Å². The van der Waals surface area contributed by atoms with Gasteiger partial charge in [-0.2, -0.15) is 0 Å². The second-order valence-corrected chi connectivity index (χ2v) is 4.74. The van der Waals surface area contributed by atoms with E-state index in [-0.39, 0.29) is 0 Å². The molecule has 1 aliphatic rings. The Morgan fingerprint density at radius 1 is 1.44 bits per heavy atom. The zero-order valence-electron chi connectivity index (χ0n) is 10.2. The summed E-state index contributed by atoms with van der Waals surface area (Å²) >= 11 is 0. The predicted octanol–water partition coefficient (Wildman–Crippen LogP) is 2.69. The number of likely N-dealkylation sites (tertiary alicyclic amines) is 1. The van der Waals surface area contributed by atoms with Crippen LogP contribution in [0.3, 0.4) is 0 Å². The molecule has 88 valence electrons. The van der Waals surface area contributed by atoms with Crippen LogP contribution in [0.1, 0.15) is 31.7 Å². The molecule has 1 aromatic carbocycles. The lowest BCUT2D eigenvalue weighted by molar-refractivity contribution is 0.251. The topological polar surface area (TPSA) is 29.3 Å². The first kappa shape index (κ1) is 11.5. The normalized spacial score (nSPS) is 21.4. The van der Waals surface area contributed by atoms with E-state index in [9.17, 15) is 0 Å². The summed E-state index contributed by atoms with van der Waals surface area (Å²) in [7, 11) is 0. The van der Waals surface area contributed by atoms with Gasteiger partial charge in [0.2, 0.25) is 0 Å². The summed E-state index contributed by atoms with van der Waals surface area (Å²) in [5.74, 6) is 0. The fraction of sp³-hybridized carbons (Fsp3) is 0.571. The van der Waals surface area contributed by atoms with Crippen LogP contribution in [0.2, 0.25) is 0 Å². The van der Waals surface area contributed by atoms with E-state index in [0.29, 0.717) is 0 Å². The van der Waals surface area contributed by atoms with E-state index in [4.69, 9.17) is 5.73 Å². The lowest BCUT2D eigenvalue weighted by Crippen LogP contribution is -2.30. The number of nitrogens with zero attached hydrogens (tertiary/aromatic N) is 1. The molecule has 0 amide bonds. The highest BCUT2D eigenvalue weighted by Gasteiger charge is 2.21. The molecule has 1 fully saturated rings. The van der Waals surface area contributed by atoms with E-state index in [0.717, 1.165) is 18.2 Å². The first-order chi connectivity index (χ1) is 7.79. The Labute approximate surface area is 98.4 Å². The van der Waals surface area contributed by atoms with E-state index in [1.54, 1.807) is 0 Å². The Morgan fingerprint density at radius 2 is 2.31 bits per heavy atom. The Morgan fingerprint density at radius 3 is 3.06 bits per heavy atom. The number of anilines is 1. The molecule has 0 saturated carbocycles. The molecule has 1 aromatic rings. The van der Waals surface area contributed by atoms with Crippen LogP contribution >= 0.6 is 0 Å². The van der Waals surface area contributed by atoms with Gasteiger partial charge in [0, 0.05) is 18.3 Å². The number of hydrogen-bond acceptors (Lipinski definition) is 2. The summed E-state index contributed by atoms with van der Waals surface area (Å²) in [5.41, 5.74) is 8.03. The maximum absolute atomic E-state index is 5.78. The molecular formula is C14H22N2. The highest BCUT2D eigenvalue weighted by Crippen LogP contribution is 2.20. The monoisotopic (exact) mass is 218 g/mol. The fourth-order valence-electron chi connectivity index (χ4n) is 2.67. The summed E-state index contributed by atoms with van der Waals surface area (Å²) in [6, 6.07) is 9.09. The summed E-state index contributed by atoms with van der Waals surface area (Å²) in [6.45, 7) is 4.76. The van der Waals surface area contributed by atoms with Crippen LogP contribution in [-0.2, 0) is 6.42 Å². The van der Waals surface area contributed by atoms with Crippen molar-refractivity contribution in [1.82, 2.24) is 4.90 Å². The van der Waals surface area contributed by atoms with Crippen molar-refractivity contribution in [3.63, 3.8) is 0 Å². The van der Waals surface area contributed by atoms with Crippen LogP contribution in [0.5, 0.6) is 0 Å². The summed E-state index contributed by atoms with van der Waals surface area (Å²) in [6.07, 6.45) is 5.17. The molecule has 2 nitrogen and oxygen atoms in total. The van der Waals surface area contributed by atoms with Gasteiger partial charge in [0.15, 0.2) is 0 Å². The molecule has 2 rings (SSSR count). The maximum Gasteiger partial charge on any atom is 0.0316 e. The number of nitrogens with two attached hydrogens (primary N) is 1. The molecule has 0 radical (unpaired) electrons. The van der Waals surface area contributed by atoms with Gasteiger partial charge >= 0.3 is 0 Å². The van der Waals surface area contributed by atoms with Gasteiger partial charge in [0.05, 0.1) is 0 Å².